The van der Waals surface area contributed by atoms with E-state index in [0.717, 1.165) is 61.7 Å². The van der Waals surface area contributed by atoms with Crippen molar-refractivity contribution >= 4 is 44.6 Å². The molecule has 0 amide bonds. The molecule has 48 heavy (non-hydrogen) atoms. The van der Waals surface area contributed by atoms with Crippen LogP contribution < -0.4 is 14.9 Å². The van der Waals surface area contributed by atoms with E-state index in [9.17, 15) is 0 Å². The average Bonchev–Trinajstić information content (AvgIpc) is 3.69. The third kappa shape index (κ3) is 4.75. The number of anilines is 4. The standard InChI is InChI=1S/C42H30N4O2/c1-29-12-5-6-17-35(29)30-24-25-43-42(26-30)44-38-19-8-7-18-36(38)37-23-22-34(28-41(37)44)47-33-16-11-15-32(27-33)46-40-21-10-9-20-39(40)45(48-46)31-13-3-2-4-14-31/h2-28H,1H3. The van der Waals surface area contributed by atoms with Gasteiger partial charge in [0.2, 0.25) is 0 Å². The van der Waals surface area contributed by atoms with Crippen LogP contribution in [0.5, 0.6) is 11.5 Å². The van der Waals surface area contributed by atoms with Crippen LogP contribution >= 0.6 is 0 Å². The summed E-state index contributed by atoms with van der Waals surface area (Å²) in [6.07, 6.45) is 1.89. The lowest BCUT2D eigenvalue weighted by atomic mass is 10.0. The zero-order chi connectivity index (χ0) is 32.0. The van der Waals surface area contributed by atoms with Gasteiger partial charge in [-0.25, -0.2) is 4.98 Å². The molecule has 0 unspecified atom stereocenters. The predicted molar refractivity (Wildman–Crippen MR) is 194 cm³/mol. The minimum absolute atomic E-state index is 0.702. The summed E-state index contributed by atoms with van der Waals surface area (Å²) < 4.78 is 8.78. The lowest BCUT2D eigenvalue weighted by Gasteiger charge is -2.20. The zero-order valence-corrected chi connectivity index (χ0v) is 26.2. The third-order valence-corrected chi connectivity index (χ3v) is 8.84. The van der Waals surface area contributed by atoms with Crippen molar-refractivity contribution in [2.45, 2.75) is 6.92 Å². The average molecular weight is 623 g/mol. The number of para-hydroxylation sites is 4. The summed E-state index contributed by atoms with van der Waals surface area (Å²) in [5.41, 5.74) is 9.38. The highest BCUT2D eigenvalue weighted by molar-refractivity contribution is 6.09. The number of aryl methyl sites for hydroxylation is 1. The number of nitrogens with zero attached hydrogens (tertiary/aromatic N) is 4. The second-order valence-electron chi connectivity index (χ2n) is 11.8. The molecular formula is C42H30N4O2. The summed E-state index contributed by atoms with van der Waals surface area (Å²) in [6, 6.07) is 53.6. The number of fused-ring (bicyclic) bond motifs is 4. The van der Waals surface area contributed by atoms with E-state index < -0.39 is 0 Å². The van der Waals surface area contributed by atoms with Gasteiger partial charge < -0.3 is 4.74 Å². The van der Waals surface area contributed by atoms with Gasteiger partial charge in [-0.2, -0.15) is 10.1 Å². The number of hydrogen-bond acceptors (Lipinski definition) is 5. The molecule has 6 aromatic carbocycles. The molecule has 1 aliphatic heterocycles. The van der Waals surface area contributed by atoms with Gasteiger partial charge in [-0.15, -0.1) is 4.94 Å². The molecule has 230 valence electrons. The van der Waals surface area contributed by atoms with Gasteiger partial charge in [0.05, 0.1) is 33.8 Å². The fourth-order valence-corrected chi connectivity index (χ4v) is 6.59. The van der Waals surface area contributed by atoms with Crippen molar-refractivity contribution in [1.82, 2.24) is 9.55 Å². The largest absolute Gasteiger partial charge is 0.457 e. The van der Waals surface area contributed by atoms with E-state index >= 15 is 0 Å². The number of rotatable bonds is 6. The van der Waals surface area contributed by atoms with Gasteiger partial charge in [-0.05, 0) is 90.3 Å². The predicted octanol–water partition coefficient (Wildman–Crippen LogP) is 11.1. The molecule has 3 heterocycles. The Kier molecular flexibility index (Phi) is 6.66. The Morgan fingerprint density at radius 2 is 1.23 bits per heavy atom. The van der Waals surface area contributed by atoms with Crippen LogP contribution in [0.15, 0.2) is 164 Å². The summed E-state index contributed by atoms with van der Waals surface area (Å²) in [6.45, 7) is 2.14. The molecule has 8 aromatic rings. The molecule has 0 saturated carbocycles. The van der Waals surface area contributed by atoms with Crippen LogP contribution in [-0.2, 0) is 4.94 Å². The number of pyridine rings is 1. The van der Waals surface area contributed by atoms with Gasteiger partial charge in [0.1, 0.15) is 17.3 Å². The van der Waals surface area contributed by atoms with Crippen molar-refractivity contribution in [2.24, 2.45) is 0 Å². The summed E-state index contributed by atoms with van der Waals surface area (Å²) in [5, 5.41) is 5.98. The van der Waals surface area contributed by atoms with E-state index in [1.165, 1.54) is 11.1 Å². The third-order valence-electron chi connectivity index (χ3n) is 8.84. The van der Waals surface area contributed by atoms with E-state index in [1.54, 1.807) is 0 Å². The van der Waals surface area contributed by atoms with Crippen LogP contribution in [-0.4, -0.2) is 9.55 Å². The quantitative estimate of drug-likeness (QED) is 0.185. The Morgan fingerprint density at radius 3 is 2.08 bits per heavy atom. The molecule has 6 heteroatoms. The lowest BCUT2D eigenvalue weighted by Crippen LogP contribution is -2.20. The molecule has 9 rings (SSSR count). The lowest BCUT2D eigenvalue weighted by molar-refractivity contribution is 0.156. The molecular weight excluding hydrogens is 592 g/mol. The molecule has 0 aliphatic carbocycles. The first-order valence-corrected chi connectivity index (χ1v) is 16.0. The molecule has 0 saturated heterocycles. The van der Waals surface area contributed by atoms with Crippen LogP contribution in [0.25, 0.3) is 38.8 Å². The molecule has 0 bridgehead atoms. The van der Waals surface area contributed by atoms with Crippen LogP contribution in [0.3, 0.4) is 0 Å². The Bertz CT molecular complexity index is 2450. The first-order chi connectivity index (χ1) is 23.7. The Labute approximate surface area is 278 Å². The van der Waals surface area contributed by atoms with E-state index in [1.807, 2.05) is 89.1 Å². The summed E-state index contributed by atoms with van der Waals surface area (Å²) in [4.78, 5) is 11.3. The highest BCUT2D eigenvalue weighted by Crippen LogP contribution is 2.45. The Balaban J connectivity index is 1.09. The van der Waals surface area contributed by atoms with E-state index in [0.29, 0.717) is 5.75 Å². The van der Waals surface area contributed by atoms with Crippen molar-refractivity contribution in [1.29, 1.82) is 0 Å². The summed E-state index contributed by atoms with van der Waals surface area (Å²) >= 11 is 0. The smallest absolute Gasteiger partial charge is 0.138 e. The number of ether oxygens (including phenoxy) is 1. The van der Waals surface area contributed by atoms with Crippen LogP contribution in [0.2, 0.25) is 0 Å². The SMILES string of the molecule is Cc1ccccc1-c1ccnc(-n2c3ccccc3c3ccc(Oc4cccc(N5ON(c6ccccc6)c6ccccc65)c4)cc32)c1. The van der Waals surface area contributed by atoms with Crippen molar-refractivity contribution in [3.63, 3.8) is 0 Å². The summed E-state index contributed by atoms with van der Waals surface area (Å²) in [7, 11) is 0. The van der Waals surface area contributed by atoms with Crippen molar-refractivity contribution < 1.29 is 9.68 Å². The molecule has 6 nitrogen and oxygen atoms in total. The maximum absolute atomic E-state index is 6.55. The van der Waals surface area contributed by atoms with Gasteiger partial charge >= 0.3 is 0 Å². The second-order valence-corrected chi connectivity index (χ2v) is 11.8. The van der Waals surface area contributed by atoms with Crippen molar-refractivity contribution in [2.75, 3.05) is 10.1 Å². The van der Waals surface area contributed by atoms with Crippen LogP contribution in [0.1, 0.15) is 5.56 Å². The van der Waals surface area contributed by atoms with Crippen molar-refractivity contribution in [3.8, 4) is 28.4 Å². The second kappa shape index (κ2) is 11.5. The topological polar surface area (TPSA) is 42.8 Å². The molecule has 0 radical (unpaired) electrons. The van der Waals surface area contributed by atoms with Gasteiger partial charge in [-0.3, -0.25) is 4.57 Å². The Morgan fingerprint density at radius 1 is 0.542 bits per heavy atom. The minimum atomic E-state index is 0.702. The maximum atomic E-state index is 6.55. The number of benzene rings is 6. The first-order valence-electron chi connectivity index (χ1n) is 16.0. The van der Waals surface area contributed by atoms with Crippen molar-refractivity contribution in [3.05, 3.63) is 169 Å². The van der Waals surface area contributed by atoms with E-state index in [4.69, 9.17) is 14.7 Å². The van der Waals surface area contributed by atoms with Gasteiger partial charge in [0, 0.05) is 29.1 Å². The van der Waals surface area contributed by atoms with Gasteiger partial charge in [0.25, 0.3) is 0 Å². The van der Waals surface area contributed by atoms with Crippen LogP contribution in [0, 0.1) is 6.92 Å². The fraction of sp³-hybridized carbons (Fsp3) is 0.0238. The zero-order valence-electron chi connectivity index (χ0n) is 26.2. The molecule has 2 aromatic heterocycles. The summed E-state index contributed by atoms with van der Waals surface area (Å²) in [5.74, 6) is 2.29. The molecule has 0 atom stereocenters. The van der Waals surface area contributed by atoms with Crippen LogP contribution in [0.4, 0.5) is 22.7 Å². The highest BCUT2D eigenvalue weighted by Gasteiger charge is 2.30. The normalized spacial score (nSPS) is 12.5. The van der Waals surface area contributed by atoms with E-state index in [2.05, 4.69) is 96.4 Å². The molecule has 1 aliphatic rings. The Hall–Kier alpha value is -6.37. The monoisotopic (exact) mass is 622 g/mol. The van der Waals surface area contributed by atoms with Gasteiger partial charge in [-0.1, -0.05) is 78.9 Å². The van der Waals surface area contributed by atoms with E-state index in [-0.39, 0.29) is 0 Å². The van der Waals surface area contributed by atoms with Gasteiger partial charge in [0.15, 0.2) is 0 Å². The molecule has 0 spiro atoms. The fourth-order valence-electron chi connectivity index (χ4n) is 6.59. The molecule has 0 N–H and O–H groups in total. The minimum Gasteiger partial charge on any atom is -0.457 e. The number of aromatic nitrogens is 2. The first kappa shape index (κ1) is 27.9. The number of hydrogen-bond donors (Lipinski definition) is 0. The maximum Gasteiger partial charge on any atom is 0.138 e. The molecule has 0 fully saturated rings. The highest BCUT2D eigenvalue weighted by atomic mass is 16.8.